The van der Waals surface area contributed by atoms with Crippen LogP contribution in [0.25, 0.3) is 23.1 Å². The van der Waals surface area contributed by atoms with Gasteiger partial charge >= 0.3 is 0 Å². The van der Waals surface area contributed by atoms with Gasteiger partial charge in [-0.15, -0.1) is 0 Å². The molecule has 0 unspecified atom stereocenters. The number of halogens is 1. The minimum absolute atomic E-state index is 0.107. The van der Waals surface area contributed by atoms with Crippen molar-refractivity contribution >= 4 is 29.0 Å². The molecule has 0 bridgehead atoms. The third-order valence-electron chi connectivity index (χ3n) is 4.14. The van der Waals surface area contributed by atoms with Gasteiger partial charge in [-0.25, -0.2) is 4.39 Å². The number of carbonyl (C=O) groups is 1. The number of ether oxygens (including phenoxy) is 1. The molecule has 0 saturated carbocycles. The van der Waals surface area contributed by atoms with Gasteiger partial charge < -0.3 is 15.2 Å². The molecule has 1 aromatic heterocycles. The number of aliphatic hydroxyl groups is 1. The molecule has 0 atom stereocenters. The molecule has 3 N–H and O–H groups in total. The number of amides is 1. The van der Waals surface area contributed by atoms with Gasteiger partial charge in [0.2, 0.25) is 0 Å². The van der Waals surface area contributed by atoms with Crippen LogP contribution in [0.4, 0.5) is 4.39 Å². The van der Waals surface area contributed by atoms with Crippen LogP contribution in [0.3, 0.4) is 0 Å². The number of rotatable bonds is 6. The molecular weight excluding hydrogens is 361 g/mol. The highest BCUT2D eigenvalue weighted by Gasteiger charge is 2.21. The number of carbonyl (C=O) groups excluding carboxylic acids is 1. The Balaban J connectivity index is 1.97. The highest BCUT2D eigenvalue weighted by molar-refractivity contribution is 6.05. The first-order valence-electron chi connectivity index (χ1n) is 8.78. The van der Waals surface area contributed by atoms with E-state index in [4.69, 9.17) is 4.74 Å². The van der Waals surface area contributed by atoms with E-state index in [-0.39, 0.29) is 18.3 Å². The molecule has 28 heavy (non-hydrogen) atoms. The topological polar surface area (TPSA) is 87.2 Å². The average Bonchev–Trinajstić information content (AvgIpc) is 3.07. The van der Waals surface area contributed by atoms with Gasteiger partial charge in [-0.1, -0.05) is 18.2 Å². The van der Waals surface area contributed by atoms with Crippen LogP contribution in [0, 0.1) is 5.82 Å². The van der Waals surface area contributed by atoms with Gasteiger partial charge in [0, 0.05) is 6.54 Å². The van der Waals surface area contributed by atoms with Crippen molar-refractivity contribution in [1.82, 2.24) is 15.5 Å². The fourth-order valence-corrected chi connectivity index (χ4v) is 2.76. The van der Waals surface area contributed by atoms with E-state index in [9.17, 15) is 14.3 Å². The predicted octanol–water partition coefficient (Wildman–Crippen LogP) is 3.38. The van der Waals surface area contributed by atoms with E-state index in [1.54, 1.807) is 50.3 Å². The van der Waals surface area contributed by atoms with Crippen LogP contribution < -0.4 is 10.1 Å². The Morgan fingerprint density at radius 1 is 1.25 bits per heavy atom. The SMILES string of the molecule is COc1c(C(=O)NCC(C)(C)O)ccc2[nH]nc(C=Cc3ccc(F)cc3)c12. The molecule has 3 rings (SSSR count). The molecule has 2 aromatic carbocycles. The Hall–Kier alpha value is -3.19. The lowest BCUT2D eigenvalue weighted by atomic mass is 10.1. The molecule has 0 aliphatic carbocycles. The largest absolute Gasteiger partial charge is 0.495 e. The van der Waals surface area contributed by atoms with E-state index in [0.717, 1.165) is 11.1 Å². The van der Waals surface area contributed by atoms with Crippen LogP contribution >= 0.6 is 0 Å². The van der Waals surface area contributed by atoms with E-state index < -0.39 is 5.60 Å². The number of aromatic nitrogens is 2. The van der Waals surface area contributed by atoms with Crippen molar-refractivity contribution in [3.63, 3.8) is 0 Å². The van der Waals surface area contributed by atoms with Crippen LogP contribution in [-0.4, -0.2) is 40.5 Å². The van der Waals surface area contributed by atoms with Crippen LogP contribution in [-0.2, 0) is 0 Å². The normalized spacial score (nSPS) is 11.9. The van der Waals surface area contributed by atoms with Crippen molar-refractivity contribution in [2.75, 3.05) is 13.7 Å². The fraction of sp³-hybridized carbons (Fsp3) is 0.238. The maximum atomic E-state index is 13.1. The number of aromatic amines is 1. The number of fused-ring (bicyclic) bond motifs is 1. The standard InChI is InChI=1S/C21H22FN3O3/c1-21(2,27)12-23-20(26)15-9-11-17-18(19(15)28-3)16(24-25-17)10-6-13-4-7-14(22)8-5-13/h4-11,27H,12H2,1-3H3,(H,23,26)(H,24,25). The molecule has 0 fully saturated rings. The quantitative estimate of drug-likeness (QED) is 0.609. The molecule has 0 spiro atoms. The lowest BCUT2D eigenvalue weighted by molar-refractivity contribution is 0.0693. The fourth-order valence-electron chi connectivity index (χ4n) is 2.76. The highest BCUT2D eigenvalue weighted by Crippen LogP contribution is 2.32. The first-order chi connectivity index (χ1) is 13.3. The monoisotopic (exact) mass is 383 g/mol. The van der Waals surface area contributed by atoms with Crippen molar-refractivity contribution in [3.05, 3.63) is 59.0 Å². The van der Waals surface area contributed by atoms with Crippen molar-refractivity contribution in [1.29, 1.82) is 0 Å². The second-order valence-corrected chi connectivity index (χ2v) is 7.06. The van der Waals surface area contributed by atoms with Crippen LogP contribution in [0.1, 0.15) is 35.5 Å². The molecule has 3 aromatic rings. The maximum Gasteiger partial charge on any atom is 0.255 e. The van der Waals surface area contributed by atoms with E-state index in [0.29, 0.717) is 22.4 Å². The number of H-pyrrole nitrogens is 1. The molecule has 0 radical (unpaired) electrons. The number of methoxy groups -OCH3 is 1. The summed E-state index contributed by atoms with van der Waals surface area (Å²) in [6.07, 6.45) is 3.57. The second-order valence-electron chi connectivity index (χ2n) is 7.06. The Bertz CT molecular complexity index is 1020. The lowest BCUT2D eigenvalue weighted by Crippen LogP contribution is -2.38. The zero-order chi connectivity index (χ0) is 20.3. The minimum Gasteiger partial charge on any atom is -0.495 e. The van der Waals surface area contributed by atoms with E-state index in [2.05, 4.69) is 15.5 Å². The summed E-state index contributed by atoms with van der Waals surface area (Å²) in [6.45, 7) is 3.33. The van der Waals surface area contributed by atoms with Gasteiger partial charge in [-0.05, 0) is 49.8 Å². The number of nitrogens with one attached hydrogen (secondary N) is 2. The second kappa shape index (κ2) is 7.82. The summed E-state index contributed by atoms with van der Waals surface area (Å²) < 4.78 is 18.6. The minimum atomic E-state index is -1.02. The summed E-state index contributed by atoms with van der Waals surface area (Å²) in [7, 11) is 1.49. The molecule has 0 aliphatic heterocycles. The highest BCUT2D eigenvalue weighted by atomic mass is 19.1. The summed E-state index contributed by atoms with van der Waals surface area (Å²) in [5, 5.41) is 20.4. The zero-order valence-electron chi connectivity index (χ0n) is 15.9. The van der Waals surface area contributed by atoms with Crippen LogP contribution in [0.15, 0.2) is 36.4 Å². The van der Waals surface area contributed by atoms with Crippen molar-refractivity contribution < 1.29 is 19.0 Å². The van der Waals surface area contributed by atoms with Gasteiger partial charge in [0.15, 0.2) is 0 Å². The van der Waals surface area contributed by atoms with Crippen LogP contribution in [0.2, 0.25) is 0 Å². The summed E-state index contributed by atoms with van der Waals surface area (Å²) in [4.78, 5) is 12.6. The number of hydrogen-bond acceptors (Lipinski definition) is 4. The Morgan fingerprint density at radius 2 is 1.96 bits per heavy atom. The van der Waals surface area contributed by atoms with Gasteiger partial charge in [-0.2, -0.15) is 5.10 Å². The molecule has 146 valence electrons. The van der Waals surface area contributed by atoms with Gasteiger partial charge in [0.1, 0.15) is 11.6 Å². The van der Waals surface area contributed by atoms with Crippen molar-refractivity contribution in [2.24, 2.45) is 0 Å². The molecule has 6 nitrogen and oxygen atoms in total. The molecule has 1 heterocycles. The molecule has 0 aliphatic rings. The number of nitrogens with zero attached hydrogens (tertiary/aromatic N) is 1. The van der Waals surface area contributed by atoms with E-state index in [1.165, 1.54) is 19.2 Å². The lowest BCUT2D eigenvalue weighted by Gasteiger charge is -2.18. The summed E-state index contributed by atoms with van der Waals surface area (Å²) in [5.41, 5.74) is 1.45. The third-order valence-corrected chi connectivity index (χ3v) is 4.14. The molecule has 7 heteroatoms. The van der Waals surface area contributed by atoms with Gasteiger partial charge in [0.25, 0.3) is 5.91 Å². The summed E-state index contributed by atoms with van der Waals surface area (Å²) >= 11 is 0. The third kappa shape index (κ3) is 4.37. The van der Waals surface area contributed by atoms with Gasteiger partial charge in [-0.3, -0.25) is 9.89 Å². The zero-order valence-corrected chi connectivity index (χ0v) is 15.9. The van der Waals surface area contributed by atoms with Crippen molar-refractivity contribution in [3.8, 4) is 5.75 Å². The Labute approximate surface area is 162 Å². The molecular formula is C21H22FN3O3. The first kappa shape index (κ1) is 19.6. The number of benzene rings is 2. The predicted molar refractivity (Wildman–Crippen MR) is 107 cm³/mol. The first-order valence-corrected chi connectivity index (χ1v) is 8.78. The smallest absolute Gasteiger partial charge is 0.255 e. The molecule has 0 saturated heterocycles. The summed E-state index contributed by atoms with van der Waals surface area (Å²) in [5.74, 6) is -0.264. The van der Waals surface area contributed by atoms with Gasteiger partial charge in [0.05, 0.1) is 34.9 Å². The number of hydrogen-bond donors (Lipinski definition) is 3. The van der Waals surface area contributed by atoms with E-state index in [1.807, 2.05) is 0 Å². The average molecular weight is 383 g/mol. The van der Waals surface area contributed by atoms with Crippen LogP contribution in [0.5, 0.6) is 5.75 Å². The maximum absolute atomic E-state index is 13.1. The van der Waals surface area contributed by atoms with Crippen molar-refractivity contribution in [2.45, 2.75) is 19.4 Å². The Morgan fingerprint density at radius 3 is 2.61 bits per heavy atom. The Kier molecular flexibility index (Phi) is 5.46. The van der Waals surface area contributed by atoms with E-state index >= 15 is 0 Å². The summed E-state index contributed by atoms with van der Waals surface area (Å²) in [6, 6.07) is 9.48. The molecule has 1 amide bonds.